The number of carbonyl (C=O) groups is 1. The molecule has 1 atom stereocenters. The molecule has 0 aromatic carbocycles. The van der Waals surface area contributed by atoms with Crippen molar-refractivity contribution < 1.29 is 4.79 Å². The lowest BCUT2D eigenvalue weighted by Crippen LogP contribution is -2.32. The number of amides is 1. The molecule has 13 heavy (non-hydrogen) atoms. The normalized spacial score (nSPS) is 22.5. The summed E-state index contributed by atoms with van der Waals surface area (Å²) in [4.78, 5) is 15.1. The minimum atomic E-state index is -0.0883. The average Bonchev–Trinajstić information content (AvgIpc) is 2.43. The van der Waals surface area contributed by atoms with Crippen LogP contribution in [0, 0.1) is 17.2 Å². The van der Waals surface area contributed by atoms with E-state index in [2.05, 4.69) is 6.07 Å². The van der Waals surface area contributed by atoms with Crippen LogP contribution in [0.5, 0.6) is 0 Å². The third kappa shape index (κ3) is 2.71. The summed E-state index contributed by atoms with van der Waals surface area (Å²) in [5.74, 6) is 0.0306. The number of hydrogen-bond acceptors (Lipinski definition) is 3. The zero-order chi connectivity index (χ0) is 9.84. The Bertz CT molecular complexity index is 232. The van der Waals surface area contributed by atoms with Gasteiger partial charge in [0.15, 0.2) is 0 Å². The molecule has 1 rings (SSSR count). The molecular weight excluding hydrogens is 166 g/mol. The van der Waals surface area contributed by atoms with Crippen LogP contribution in [0.3, 0.4) is 0 Å². The second kappa shape index (κ2) is 4.24. The van der Waals surface area contributed by atoms with E-state index < -0.39 is 0 Å². The molecule has 0 aliphatic carbocycles. The van der Waals surface area contributed by atoms with Crippen molar-refractivity contribution in [1.82, 2.24) is 9.80 Å². The molecule has 0 spiro atoms. The van der Waals surface area contributed by atoms with Crippen molar-refractivity contribution in [2.45, 2.75) is 6.42 Å². The van der Waals surface area contributed by atoms with Gasteiger partial charge in [0.05, 0.1) is 12.0 Å². The predicted octanol–water partition coefficient (Wildman–Crippen LogP) is -0.0799. The lowest BCUT2D eigenvalue weighted by Gasteiger charge is -2.18. The summed E-state index contributed by atoms with van der Waals surface area (Å²) in [5.41, 5.74) is 0. The Kier molecular flexibility index (Phi) is 3.26. The van der Waals surface area contributed by atoms with E-state index in [9.17, 15) is 4.79 Å². The van der Waals surface area contributed by atoms with Crippen LogP contribution in [0.2, 0.25) is 0 Å². The van der Waals surface area contributed by atoms with Gasteiger partial charge in [-0.25, -0.2) is 0 Å². The largest absolute Gasteiger partial charge is 0.340 e. The molecule has 0 N–H and O–H groups in total. The van der Waals surface area contributed by atoms with Gasteiger partial charge in [0.25, 0.3) is 0 Å². The minimum absolute atomic E-state index is 0.0883. The lowest BCUT2D eigenvalue weighted by molar-refractivity contribution is -0.127. The van der Waals surface area contributed by atoms with Gasteiger partial charge in [-0.3, -0.25) is 4.79 Å². The molecule has 4 nitrogen and oxygen atoms in total. The molecule has 1 fully saturated rings. The highest BCUT2D eigenvalue weighted by Gasteiger charge is 2.28. The molecule has 1 unspecified atom stereocenters. The molecule has 1 aliphatic rings. The molecule has 0 aromatic rings. The fraction of sp³-hybridized carbons (Fsp3) is 0.778. The fourth-order valence-corrected chi connectivity index (χ4v) is 1.40. The number of rotatable bonds is 3. The molecule has 4 heteroatoms. The molecular formula is C9H15N3O. The standard InChI is InChI=1S/C9H15N3O/c1-11(2)3-4-12-7-8(6-10)5-9(12)13/h8H,3-5,7H2,1-2H3. The maximum Gasteiger partial charge on any atom is 0.224 e. The summed E-state index contributed by atoms with van der Waals surface area (Å²) in [6.45, 7) is 2.22. The minimum Gasteiger partial charge on any atom is -0.340 e. The summed E-state index contributed by atoms with van der Waals surface area (Å²) in [7, 11) is 3.95. The predicted molar refractivity (Wildman–Crippen MR) is 48.9 cm³/mol. The summed E-state index contributed by atoms with van der Waals surface area (Å²) in [6, 6.07) is 2.14. The van der Waals surface area contributed by atoms with Crippen molar-refractivity contribution in [3.63, 3.8) is 0 Å². The Morgan fingerprint density at radius 1 is 1.69 bits per heavy atom. The zero-order valence-electron chi connectivity index (χ0n) is 8.16. The van der Waals surface area contributed by atoms with Crippen molar-refractivity contribution in [3.05, 3.63) is 0 Å². The number of carbonyl (C=O) groups excluding carboxylic acids is 1. The second-order valence-electron chi connectivity index (χ2n) is 3.67. The molecule has 1 saturated heterocycles. The van der Waals surface area contributed by atoms with Gasteiger partial charge in [0, 0.05) is 26.1 Å². The number of likely N-dealkylation sites (N-methyl/N-ethyl adjacent to an activating group) is 1. The van der Waals surface area contributed by atoms with Crippen LogP contribution in [0.15, 0.2) is 0 Å². The van der Waals surface area contributed by atoms with E-state index in [1.54, 1.807) is 4.90 Å². The van der Waals surface area contributed by atoms with Crippen molar-refractivity contribution in [3.8, 4) is 6.07 Å². The van der Waals surface area contributed by atoms with E-state index in [1.807, 2.05) is 19.0 Å². The molecule has 0 aromatic heterocycles. The van der Waals surface area contributed by atoms with Gasteiger partial charge in [-0.15, -0.1) is 0 Å². The van der Waals surface area contributed by atoms with Crippen LogP contribution in [-0.4, -0.2) is 49.4 Å². The van der Waals surface area contributed by atoms with Crippen molar-refractivity contribution in [1.29, 1.82) is 5.26 Å². The number of hydrogen-bond donors (Lipinski definition) is 0. The Morgan fingerprint density at radius 2 is 2.38 bits per heavy atom. The maximum absolute atomic E-state index is 11.3. The number of nitriles is 1. The second-order valence-corrected chi connectivity index (χ2v) is 3.67. The van der Waals surface area contributed by atoms with Crippen molar-refractivity contribution in [2.75, 3.05) is 33.7 Å². The Balaban J connectivity index is 2.36. The molecule has 0 radical (unpaired) electrons. The quantitative estimate of drug-likeness (QED) is 0.612. The highest BCUT2D eigenvalue weighted by atomic mass is 16.2. The van der Waals surface area contributed by atoms with Gasteiger partial charge in [-0.1, -0.05) is 0 Å². The van der Waals surface area contributed by atoms with E-state index in [4.69, 9.17) is 5.26 Å². The molecule has 1 heterocycles. The maximum atomic E-state index is 11.3. The van der Waals surface area contributed by atoms with E-state index in [1.165, 1.54) is 0 Å². The topological polar surface area (TPSA) is 47.3 Å². The third-order valence-corrected chi connectivity index (χ3v) is 2.21. The van der Waals surface area contributed by atoms with Gasteiger partial charge in [-0.2, -0.15) is 5.26 Å². The smallest absolute Gasteiger partial charge is 0.224 e. The first-order valence-corrected chi connectivity index (χ1v) is 4.45. The van der Waals surface area contributed by atoms with Gasteiger partial charge in [0.1, 0.15) is 0 Å². The number of nitrogens with zero attached hydrogens (tertiary/aromatic N) is 3. The number of likely N-dealkylation sites (tertiary alicyclic amines) is 1. The van der Waals surface area contributed by atoms with E-state index in [0.29, 0.717) is 13.0 Å². The third-order valence-electron chi connectivity index (χ3n) is 2.21. The van der Waals surface area contributed by atoms with Gasteiger partial charge < -0.3 is 9.80 Å². The first-order chi connectivity index (χ1) is 6.13. The molecule has 0 saturated carbocycles. The Labute approximate surface area is 78.7 Å². The molecule has 0 bridgehead atoms. The fourth-order valence-electron chi connectivity index (χ4n) is 1.40. The summed E-state index contributed by atoms with van der Waals surface area (Å²) < 4.78 is 0. The van der Waals surface area contributed by atoms with E-state index in [0.717, 1.165) is 13.1 Å². The first kappa shape index (κ1) is 10.0. The van der Waals surface area contributed by atoms with E-state index in [-0.39, 0.29) is 11.8 Å². The van der Waals surface area contributed by atoms with Gasteiger partial charge in [0.2, 0.25) is 5.91 Å². The highest BCUT2D eigenvalue weighted by molar-refractivity contribution is 5.79. The monoisotopic (exact) mass is 181 g/mol. The van der Waals surface area contributed by atoms with Crippen molar-refractivity contribution >= 4 is 5.91 Å². The van der Waals surface area contributed by atoms with Crippen LogP contribution >= 0.6 is 0 Å². The average molecular weight is 181 g/mol. The summed E-state index contributed by atoms with van der Waals surface area (Å²) >= 11 is 0. The zero-order valence-corrected chi connectivity index (χ0v) is 8.16. The molecule has 72 valence electrons. The van der Waals surface area contributed by atoms with Crippen LogP contribution in [0.4, 0.5) is 0 Å². The first-order valence-electron chi connectivity index (χ1n) is 4.45. The SMILES string of the molecule is CN(C)CCN1CC(C#N)CC1=O. The Morgan fingerprint density at radius 3 is 2.85 bits per heavy atom. The van der Waals surface area contributed by atoms with Crippen LogP contribution < -0.4 is 0 Å². The molecule has 1 aliphatic heterocycles. The van der Waals surface area contributed by atoms with Crippen LogP contribution in [-0.2, 0) is 4.79 Å². The highest BCUT2D eigenvalue weighted by Crippen LogP contribution is 2.15. The summed E-state index contributed by atoms with van der Waals surface area (Å²) in [5, 5.41) is 8.64. The van der Waals surface area contributed by atoms with E-state index >= 15 is 0 Å². The Hall–Kier alpha value is -1.08. The van der Waals surface area contributed by atoms with Gasteiger partial charge >= 0.3 is 0 Å². The van der Waals surface area contributed by atoms with Crippen LogP contribution in [0.25, 0.3) is 0 Å². The van der Waals surface area contributed by atoms with Gasteiger partial charge in [-0.05, 0) is 14.1 Å². The van der Waals surface area contributed by atoms with Crippen LogP contribution in [0.1, 0.15) is 6.42 Å². The lowest BCUT2D eigenvalue weighted by atomic mass is 10.1. The summed E-state index contributed by atoms with van der Waals surface area (Å²) in [6.07, 6.45) is 0.407. The molecule has 1 amide bonds. The van der Waals surface area contributed by atoms with Crippen molar-refractivity contribution in [2.24, 2.45) is 5.92 Å².